The molecule has 3 nitrogen and oxygen atoms in total. The largest absolute Gasteiger partial charge is 0.389 e. The predicted molar refractivity (Wildman–Crippen MR) is 43.5 cm³/mol. The van der Waals surface area contributed by atoms with Gasteiger partial charge in [-0.3, -0.25) is 0 Å². The van der Waals surface area contributed by atoms with E-state index in [-0.39, 0.29) is 6.10 Å². The summed E-state index contributed by atoms with van der Waals surface area (Å²) in [5.41, 5.74) is 0. The summed E-state index contributed by atoms with van der Waals surface area (Å²) in [6.45, 7) is 3.74. The molecule has 0 amide bonds. The van der Waals surface area contributed by atoms with Crippen molar-refractivity contribution in [2.24, 2.45) is 0 Å². The molecule has 1 aliphatic rings. The first-order valence-electron chi connectivity index (χ1n) is 4.32. The van der Waals surface area contributed by atoms with Gasteiger partial charge in [-0.2, -0.15) is 0 Å². The van der Waals surface area contributed by atoms with Gasteiger partial charge in [-0.05, 0) is 19.8 Å². The van der Waals surface area contributed by atoms with Crippen molar-refractivity contribution in [3.63, 3.8) is 0 Å². The predicted octanol–water partition coefficient (Wildman–Crippen LogP) is 0.136. The van der Waals surface area contributed by atoms with Gasteiger partial charge >= 0.3 is 0 Å². The fourth-order valence-corrected chi connectivity index (χ4v) is 0.903. The van der Waals surface area contributed by atoms with Crippen LogP contribution in [0.3, 0.4) is 0 Å². The molecule has 11 heavy (non-hydrogen) atoms. The smallest absolute Gasteiger partial charge is 0.0897 e. The number of ether oxygens (including phenoxy) is 1. The lowest BCUT2D eigenvalue weighted by Crippen LogP contribution is -2.31. The summed E-state index contributed by atoms with van der Waals surface area (Å²) >= 11 is 0. The Morgan fingerprint density at radius 3 is 2.91 bits per heavy atom. The number of rotatable bonds is 6. The molecule has 0 aromatic rings. The molecule has 0 aromatic carbocycles. The van der Waals surface area contributed by atoms with Crippen molar-refractivity contribution in [3.05, 3.63) is 0 Å². The second-order valence-corrected chi connectivity index (χ2v) is 3.00. The molecule has 1 saturated carbocycles. The van der Waals surface area contributed by atoms with E-state index in [1.165, 1.54) is 12.8 Å². The molecule has 2 N–H and O–H groups in total. The highest BCUT2D eigenvalue weighted by molar-refractivity contribution is 4.81. The molecular weight excluding hydrogens is 142 g/mol. The van der Waals surface area contributed by atoms with Crippen LogP contribution in [0.2, 0.25) is 0 Å². The highest BCUT2D eigenvalue weighted by atomic mass is 16.5. The van der Waals surface area contributed by atoms with E-state index in [0.29, 0.717) is 25.8 Å². The summed E-state index contributed by atoms with van der Waals surface area (Å²) in [5.74, 6) is 0. The molecule has 1 atom stereocenters. The first kappa shape index (κ1) is 8.97. The molecule has 66 valence electrons. The van der Waals surface area contributed by atoms with E-state index in [4.69, 9.17) is 4.74 Å². The van der Waals surface area contributed by atoms with Crippen molar-refractivity contribution in [2.75, 3.05) is 19.8 Å². The third-order valence-electron chi connectivity index (χ3n) is 1.73. The quantitative estimate of drug-likeness (QED) is 0.579. The fourth-order valence-electron chi connectivity index (χ4n) is 0.903. The number of hydrogen-bond donors (Lipinski definition) is 2. The van der Waals surface area contributed by atoms with Crippen molar-refractivity contribution < 1.29 is 9.84 Å². The molecule has 1 rings (SSSR count). The van der Waals surface area contributed by atoms with E-state index in [1.807, 2.05) is 6.92 Å². The zero-order valence-corrected chi connectivity index (χ0v) is 7.05. The van der Waals surface area contributed by atoms with Crippen LogP contribution in [0.15, 0.2) is 0 Å². The summed E-state index contributed by atoms with van der Waals surface area (Å²) in [4.78, 5) is 0. The van der Waals surface area contributed by atoms with Crippen molar-refractivity contribution in [3.8, 4) is 0 Å². The van der Waals surface area contributed by atoms with Crippen LogP contribution in [0.25, 0.3) is 0 Å². The van der Waals surface area contributed by atoms with Crippen LogP contribution < -0.4 is 5.32 Å². The van der Waals surface area contributed by atoms with Gasteiger partial charge in [0.1, 0.15) is 0 Å². The van der Waals surface area contributed by atoms with Gasteiger partial charge in [0.05, 0.1) is 12.7 Å². The Bertz CT molecular complexity index is 104. The molecular formula is C8H17NO2. The van der Waals surface area contributed by atoms with Crippen molar-refractivity contribution in [1.29, 1.82) is 0 Å². The monoisotopic (exact) mass is 159 g/mol. The maximum atomic E-state index is 9.27. The lowest BCUT2D eigenvalue weighted by Gasteiger charge is -2.10. The van der Waals surface area contributed by atoms with Crippen molar-refractivity contribution in [1.82, 2.24) is 5.32 Å². The molecule has 0 aromatic heterocycles. The Kier molecular flexibility index (Phi) is 3.83. The molecule has 0 saturated heterocycles. The average molecular weight is 159 g/mol. The molecule has 0 heterocycles. The Morgan fingerprint density at radius 1 is 1.64 bits per heavy atom. The molecule has 0 aliphatic heterocycles. The number of nitrogens with one attached hydrogen (secondary N) is 1. The maximum Gasteiger partial charge on any atom is 0.0897 e. The first-order chi connectivity index (χ1) is 5.33. The molecule has 0 radical (unpaired) electrons. The van der Waals surface area contributed by atoms with Gasteiger partial charge in [0.2, 0.25) is 0 Å². The van der Waals surface area contributed by atoms with E-state index in [0.717, 1.165) is 0 Å². The first-order valence-corrected chi connectivity index (χ1v) is 4.32. The Hall–Kier alpha value is -0.120. The van der Waals surface area contributed by atoms with E-state index in [2.05, 4.69) is 5.32 Å². The van der Waals surface area contributed by atoms with Crippen LogP contribution in [0.1, 0.15) is 19.8 Å². The molecule has 0 spiro atoms. The van der Waals surface area contributed by atoms with Crippen LogP contribution in [-0.2, 0) is 4.74 Å². The third kappa shape index (κ3) is 4.35. The molecule has 1 aliphatic carbocycles. The Morgan fingerprint density at radius 2 is 2.36 bits per heavy atom. The molecule has 1 unspecified atom stereocenters. The van der Waals surface area contributed by atoms with Gasteiger partial charge < -0.3 is 15.2 Å². The topological polar surface area (TPSA) is 41.5 Å². The highest BCUT2D eigenvalue weighted by Crippen LogP contribution is 2.18. The second kappa shape index (κ2) is 4.70. The van der Waals surface area contributed by atoms with Crippen molar-refractivity contribution >= 4 is 0 Å². The lowest BCUT2D eigenvalue weighted by molar-refractivity contribution is 0.0427. The summed E-state index contributed by atoms with van der Waals surface area (Å²) in [6, 6.07) is 0.672. The number of hydrogen-bond acceptors (Lipinski definition) is 3. The van der Waals surface area contributed by atoms with Crippen LogP contribution in [0, 0.1) is 0 Å². The molecule has 0 bridgehead atoms. The minimum absolute atomic E-state index is 0.337. The highest BCUT2D eigenvalue weighted by Gasteiger charge is 2.21. The summed E-state index contributed by atoms with van der Waals surface area (Å²) in [5, 5.41) is 12.5. The minimum atomic E-state index is -0.337. The zero-order chi connectivity index (χ0) is 8.10. The second-order valence-electron chi connectivity index (χ2n) is 3.00. The van der Waals surface area contributed by atoms with Gasteiger partial charge in [-0.1, -0.05) is 0 Å². The van der Waals surface area contributed by atoms with Crippen LogP contribution in [0.4, 0.5) is 0 Å². The van der Waals surface area contributed by atoms with Gasteiger partial charge in [0, 0.05) is 19.2 Å². The number of aliphatic hydroxyl groups is 1. The van der Waals surface area contributed by atoms with Crippen LogP contribution >= 0.6 is 0 Å². The molecule has 3 heteroatoms. The van der Waals surface area contributed by atoms with Gasteiger partial charge in [0.25, 0.3) is 0 Å². The van der Waals surface area contributed by atoms with E-state index >= 15 is 0 Å². The SMILES string of the molecule is CCOCC(O)CNC1CC1. The maximum absolute atomic E-state index is 9.27. The summed E-state index contributed by atoms with van der Waals surface area (Å²) < 4.78 is 5.06. The standard InChI is InChI=1S/C8H17NO2/c1-2-11-6-8(10)5-9-7-3-4-7/h7-10H,2-6H2,1H3. The average Bonchev–Trinajstić information content (AvgIpc) is 2.80. The number of aliphatic hydroxyl groups excluding tert-OH is 1. The van der Waals surface area contributed by atoms with Gasteiger partial charge in [-0.25, -0.2) is 0 Å². The fraction of sp³-hybridized carbons (Fsp3) is 1.00. The van der Waals surface area contributed by atoms with E-state index in [9.17, 15) is 5.11 Å². The van der Waals surface area contributed by atoms with Crippen molar-refractivity contribution in [2.45, 2.75) is 31.9 Å². The van der Waals surface area contributed by atoms with E-state index in [1.54, 1.807) is 0 Å². The summed E-state index contributed by atoms with van der Waals surface area (Å²) in [7, 11) is 0. The van der Waals surface area contributed by atoms with Gasteiger partial charge in [-0.15, -0.1) is 0 Å². The zero-order valence-electron chi connectivity index (χ0n) is 7.05. The normalized spacial score (nSPS) is 20.2. The Labute approximate surface area is 67.7 Å². The molecule has 1 fully saturated rings. The third-order valence-corrected chi connectivity index (χ3v) is 1.73. The summed E-state index contributed by atoms with van der Waals surface area (Å²) in [6.07, 6.45) is 2.19. The Balaban J connectivity index is 1.87. The van der Waals surface area contributed by atoms with E-state index < -0.39 is 0 Å². The minimum Gasteiger partial charge on any atom is -0.389 e. The van der Waals surface area contributed by atoms with Crippen LogP contribution in [0.5, 0.6) is 0 Å². The van der Waals surface area contributed by atoms with Crippen LogP contribution in [-0.4, -0.2) is 37.0 Å². The van der Waals surface area contributed by atoms with Gasteiger partial charge in [0.15, 0.2) is 0 Å². The lowest BCUT2D eigenvalue weighted by atomic mass is 10.4.